The monoisotopic (exact) mass is 556 g/mol. The summed E-state index contributed by atoms with van der Waals surface area (Å²) in [6, 6.07) is 14.4. The number of ether oxygens (including phenoxy) is 1. The van der Waals surface area contributed by atoms with E-state index in [1.165, 1.54) is 25.4 Å². The van der Waals surface area contributed by atoms with Crippen molar-refractivity contribution >= 4 is 28.2 Å². The van der Waals surface area contributed by atoms with Gasteiger partial charge in [-0.3, -0.25) is 4.79 Å². The third kappa shape index (κ3) is 5.41. The molecule has 41 heavy (non-hydrogen) atoms. The van der Waals surface area contributed by atoms with Crippen molar-refractivity contribution in [3.63, 3.8) is 0 Å². The number of aromatic amines is 1. The van der Waals surface area contributed by atoms with Crippen LogP contribution in [0.15, 0.2) is 67.0 Å². The number of carbonyl (C=O) groups excluding carboxylic acids is 1. The Labute approximate surface area is 236 Å². The minimum atomic E-state index is -0.803. The predicted molar refractivity (Wildman–Crippen MR) is 156 cm³/mol. The van der Waals surface area contributed by atoms with E-state index in [-0.39, 0.29) is 11.3 Å². The number of aryl methyl sites for hydroxylation is 1. The largest absolute Gasteiger partial charge is 0.491 e. The number of benzene rings is 3. The van der Waals surface area contributed by atoms with E-state index in [0.717, 1.165) is 16.3 Å². The maximum absolute atomic E-state index is 16.0. The summed E-state index contributed by atoms with van der Waals surface area (Å²) < 4.78 is 36.3. The summed E-state index contributed by atoms with van der Waals surface area (Å²) >= 11 is 0. The van der Waals surface area contributed by atoms with Crippen molar-refractivity contribution in [3.8, 4) is 17.0 Å². The van der Waals surface area contributed by atoms with Crippen molar-refractivity contribution in [3.05, 3.63) is 101 Å². The quantitative estimate of drug-likeness (QED) is 0.177. The maximum atomic E-state index is 16.0. The number of nitrogens with one attached hydrogen (secondary N) is 3. The molecule has 5 rings (SSSR count). The third-order valence-electron chi connectivity index (χ3n) is 6.88. The number of rotatable bonds is 9. The molecule has 0 aliphatic heterocycles. The molecule has 2 aromatic heterocycles. The number of pyridine rings is 1. The molecular weight excluding hydrogens is 526 g/mol. The minimum absolute atomic E-state index is 0.117. The van der Waals surface area contributed by atoms with Gasteiger partial charge in [0.2, 0.25) is 0 Å². The second-order valence-corrected chi connectivity index (χ2v) is 9.42. The summed E-state index contributed by atoms with van der Waals surface area (Å²) in [4.78, 5) is 24.4. The van der Waals surface area contributed by atoms with Crippen LogP contribution in [0.2, 0.25) is 0 Å². The van der Waals surface area contributed by atoms with Crippen LogP contribution in [-0.4, -0.2) is 34.5 Å². The fourth-order valence-corrected chi connectivity index (χ4v) is 4.83. The smallest absolute Gasteiger partial charge is 0.254 e. The van der Waals surface area contributed by atoms with Gasteiger partial charge in [0.25, 0.3) is 5.91 Å². The molecule has 0 bridgehead atoms. The number of H-pyrrole nitrogens is 1. The number of hydrogen-bond donors (Lipinski definition) is 4. The predicted octanol–water partition coefficient (Wildman–Crippen LogP) is 6.01. The first-order valence-corrected chi connectivity index (χ1v) is 13.3. The van der Waals surface area contributed by atoms with Crippen LogP contribution in [-0.2, 0) is 6.42 Å². The highest BCUT2D eigenvalue weighted by Crippen LogP contribution is 2.35. The van der Waals surface area contributed by atoms with E-state index in [1.54, 1.807) is 31.3 Å². The number of fused-ring (bicyclic) bond motifs is 1. The molecular formula is C31H30F2N6O2. The molecule has 5 aromatic rings. The minimum Gasteiger partial charge on any atom is -0.491 e. The Bertz CT molecular complexity index is 1740. The van der Waals surface area contributed by atoms with Gasteiger partial charge < -0.3 is 26.1 Å². The molecule has 0 fully saturated rings. The number of nitrogens with two attached hydrogens (primary N) is 1. The third-order valence-corrected chi connectivity index (χ3v) is 6.88. The Morgan fingerprint density at radius 3 is 2.68 bits per heavy atom. The first kappa shape index (κ1) is 27.6. The summed E-state index contributed by atoms with van der Waals surface area (Å²) in [5.74, 6) is -0.852. The lowest BCUT2D eigenvalue weighted by Crippen LogP contribution is -2.20. The van der Waals surface area contributed by atoms with E-state index in [4.69, 9.17) is 10.5 Å². The van der Waals surface area contributed by atoms with E-state index in [2.05, 4.69) is 25.6 Å². The van der Waals surface area contributed by atoms with Crippen LogP contribution < -0.4 is 21.1 Å². The molecule has 0 radical (unpaired) electrons. The van der Waals surface area contributed by atoms with Crippen molar-refractivity contribution in [1.82, 2.24) is 20.3 Å². The van der Waals surface area contributed by atoms with Crippen LogP contribution in [0.5, 0.6) is 5.75 Å². The zero-order chi connectivity index (χ0) is 29.1. The zero-order valence-electron chi connectivity index (χ0n) is 22.9. The molecule has 10 heteroatoms. The Morgan fingerprint density at radius 2 is 1.93 bits per heavy atom. The van der Waals surface area contributed by atoms with E-state index in [9.17, 15) is 9.18 Å². The lowest BCUT2D eigenvalue weighted by atomic mass is 9.99. The van der Waals surface area contributed by atoms with E-state index >= 15 is 4.39 Å². The van der Waals surface area contributed by atoms with Gasteiger partial charge in [-0.25, -0.2) is 18.7 Å². The topological polar surface area (TPSA) is 118 Å². The highest BCUT2D eigenvalue weighted by molar-refractivity contribution is 6.00. The molecule has 5 N–H and O–H groups in total. The summed E-state index contributed by atoms with van der Waals surface area (Å²) in [7, 11) is 1.43. The number of nitrogens with zero attached hydrogens (tertiary/aromatic N) is 2. The number of anilines is 2. The van der Waals surface area contributed by atoms with Crippen LogP contribution in [0.1, 0.15) is 47.2 Å². The van der Waals surface area contributed by atoms with Gasteiger partial charge in [-0.05, 0) is 60.7 Å². The average molecular weight is 557 g/mol. The van der Waals surface area contributed by atoms with Crippen molar-refractivity contribution in [2.24, 2.45) is 0 Å². The second kappa shape index (κ2) is 11.6. The standard InChI is InChI=1S/C31H30F2N6O2/c1-4-17-13-22(27(33)25(14-17)41-5-2)28(38-19-9-10-20-18(15-19)11-12-36-29(20)34)30-37-16-24(39-30)21-7-6-8-23(32)26(21)31(40)35-3/h6-16,28,38H,4-5H2,1-3H3,(H2,34,36)(H,35,40)(H,37,39). The van der Waals surface area contributed by atoms with Crippen LogP contribution in [0.3, 0.4) is 0 Å². The van der Waals surface area contributed by atoms with E-state index in [0.29, 0.717) is 47.2 Å². The van der Waals surface area contributed by atoms with Crippen LogP contribution >= 0.6 is 0 Å². The van der Waals surface area contributed by atoms with Gasteiger partial charge in [0, 0.05) is 35.4 Å². The van der Waals surface area contributed by atoms with Crippen LogP contribution in [0.4, 0.5) is 20.3 Å². The highest BCUT2D eigenvalue weighted by Gasteiger charge is 2.26. The van der Waals surface area contributed by atoms with Gasteiger partial charge in [-0.2, -0.15) is 0 Å². The van der Waals surface area contributed by atoms with Gasteiger partial charge in [-0.15, -0.1) is 0 Å². The van der Waals surface area contributed by atoms with E-state index in [1.807, 2.05) is 31.2 Å². The Balaban J connectivity index is 1.65. The first-order chi connectivity index (χ1) is 19.8. The summed E-state index contributed by atoms with van der Waals surface area (Å²) in [6.07, 6.45) is 3.78. The number of hydrogen-bond acceptors (Lipinski definition) is 6. The lowest BCUT2D eigenvalue weighted by molar-refractivity contribution is 0.0959. The summed E-state index contributed by atoms with van der Waals surface area (Å²) in [6.45, 7) is 4.08. The van der Waals surface area contributed by atoms with Gasteiger partial charge >= 0.3 is 0 Å². The lowest BCUT2D eigenvalue weighted by Gasteiger charge is -2.22. The van der Waals surface area contributed by atoms with Crippen LogP contribution in [0.25, 0.3) is 22.0 Å². The molecule has 2 heterocycles. The van der Waals surface area contributed by atoms with Gasteiger partial charge in [0.05, 0.1) is 24.1 Å². The average Bonchev–Trinajstić information content (AvgIpc) is 3.47. The van der Waals surface area contributed by atoms with E-state index < -0.39 is 23.6 Å². The molecule has 8 nitrogen and oxygen atoms in total. The molecule has 0 spiro atoms. The number of nitrogen functional groups attached to an aromatic ring is 1. The molecule has 1 amide bonds. The van der Waals surface area contributed by atoms with Crippen molar-refractivity contribution in [2.75, 3.05) is 24.7 Å². The number of halogens is 2. The number of aromatic nitrogens is 3. The van der Waals surface area contributed by atoms with Crippen molar-refractivity contribution < 1.29 is 18.3 Å². The van der Waals surface area contributed by atoms with Crippen molar-refractivity contribution in [1.29, 1.82) is 0 Å². The molecule has 210 valence electrons. The Morgan fingerprint density at radius 1 is 1.10 bits per heavy atom. The summed E-state index contributed by atoms with van der Waals surface area (Å²) in [5.41, 5.74) is 8.52. The fourth-order valence-electron chi connectivity index (χ4n) is 4.83. The SMILES string of the molecule is CCOc1cc(CC)cc(C(Nc2ccc3c(N)nccc3c2)c2ncc(-c3cccc(F)c3C(=O)NC)[nH]2)c1F. The Hall–Kier alpha value is -4.99. The van der Waals surface area contributed by atoms with Crippen LogP contribution in [0, 0.1) is 11.6 Å². The molecule has 1 atom stereocenters. The molecule has 0 saturated heterocycles. The molecule has 0 saturated carbocycles. The molecule has 3 aromatic carbocycles. The first-order valence-electron chi connectivity index (χ1n) is 13.3. The molecule has 1 unspecified atom stereocenters. The normalized spacial score (nSPS) is 11.8. The maximum Gasteiger partial charge on any atom is 0.254 e. The Kier molecular flexibility index (Phi) is 7.82. The number of carbonyl (C=O) groups is 1. The highest BCUT2D eigenvalue weighted by atomic mass is 19.1. The van der Waals surface area contributed by atoms with Gasteiger partial charge in [0.15, 0.2) is 11.6 Å². The number of amides is 1. The van der Waals surface area contributed by atoms with Gasteiger partial charge in [0.1, 0.15) is 23.5 Å². The molecule has 0 aliphatic carbocycles. The van der Waals surface area contributed by atoms with Gasteiger partial charge in [-0.1, -0.05) is 25.1 Å². The summed E-state index contributed by atoms with van der Waals surface area (Å²) in [5, 5.41) is 7.53. The second-order valence-electron chi connectivity index (χ2n) is 9.42. The van der Waals surface area contributed by atoms with Crippen molar-refractivity contribution in [2.45, 2.75) is 26.3 Å². The number of imidazole rings is 1. The fraction of sp³-hybridized carbons (Fsp3) is 0.194. The molecule has 0 aliphatic rings. The zero-order valence-corrected chi connectivity index (χ0v) is 22.9.